The van der Waals surface area contributed by atoms with Crippen LogP contribution in [0.25, 0.3) is 0 Å². The Bertz CT molecular complexity index is 972. The molecule has 1 aliphatic rings. The van der Waals surface area contributed by atoms with Gasteiger partial charge in [0.25, 0.3) is 0 Å². The Balaban J connectivity index is 1.67. The van der Waals surface area contributed by atoms with Gasteiger partial charge in [0.05, 0.1) is 0 Å². The molecule has 0 bridgehead atoms. The van der Waals surface area contributed by atoms with Gasteiger partial charge in [-0.05, 0) is 40.9 Å². The number of benzene rings is 3. The molecular formula is C29H33NO2Si. The minimum atomic E-state index is -2.27. The van der Waals surface area contributed by atoms with Crippen LogP contribution >= 0.6 is 0 Å². The second-order valence-corrected chi connectivity index (χ2v) is 13.2. The van der Waals surface area contributed by atoms with Gasteiger partial charge in [0.1, 0.15) is 8.07 Å². The predicted molar refractivity (Wildman–Crippen MR) is 138 cm³/mol. The maximum Gasteiger partial charge on any atom is 0.232 e. The van der Waals surface area contributed by atoms with E-state index in [0.717, 1.165) is 31.7 Å². The van der Waals surface area contributed by atoms with E-state index in [4.69, 9.17) is 0 Å². The van der Waals surface area contributed by atoms with Crippen molar-refractivity contribution in [2.24, 2.45) is 5.92 Å². The van der Waals surface area contributed by atoms with Crippen LogP contribution in [0.5, 0.6) is 0 Å². The molecule has 33 heavy (non-hydrogen) atoms. The fourth-order valence-electron chi connectivity index (χ4n) is 5.63. The van der Waals surface area contributed by atoms with Crippen molar-refractivity contribution < 1.29 is 9.59 Å². The SMILES string of the molecule is CC[C@H]1C[C@@H](CCC[Si](c2ccccc2)(c2ccccc2)c2ccccc2)C(=O)N1C(C)=O. The third-order valence-corrected chi connectivity index (χ3v) is 12.3. The van der Waals surface area contributed by atoms with Crippen molar-refractivity contribution in [2.75, 3.05) is 0 Å². The number of imide groups is 1. The van der Waals surface area contributed by atoms with Gasteiger partial charge in [-0.15, -0.1) is 0 Å². The van der Waals surface area contributed by atoms with E-state index in [-0.39, 0.29) is 23.8 Å². The van der Waals surface area contributed by atoms with Crippen LogP contribution in [0.3, 0.4) is 0 Å². The zero-order valence-electron chi connectivity index (χ0n) is 19.6. The Morgan fingerprint density at radius 3 is 1.67 bits per heavy atom. The third kappa shape index (κ3) is 4.58. The second kappa shape index (κ2) is 10.3. The maximum absolute atomic E-state index is 13.0. The minimum Gasteiger partial charge on any atom is -0.280 e. The predicted octanol–water partition coefficient (Wildman–Crippen LogP) is 4.11. The highest BCUT2D eigenvalue weighted by atomic mass is 28.3. The van der Waals surface area contributed by atoms with Crippen molar-refractivity contribution in [2.45, 2.75) is 51.6 Å². The number of carbonyl (C=O) groups is 2. The van der Waals surface area contributed by atoms with Gasteiger partial charge in [0.2, 0.25) is 11.8 Å². The summed E-state index contributed by atoms with van der Waals surface area (Å²) in [6.45, 7) is 3.58. The molecule has 170 valence electrons. The lowest BCUT2D eigenvalue weighted by Crippen LogP contribution is -2.66. The summed E-state index contributed by atoms with van der Waals surface area (Å²) in [4.78, 5) is 26.6. The van der Waals surface area contributed by atoms with Crippen LogP contribution in [0.2, 0.25) is 6.04 Å². The number of likely N-dealkylation sites (tertiary alicyclic amines) is 1. The highest BCUT2D eigenvalue weighted by Crippen LogP contribution is 2.31. The number of nitrogens with zero attached hydrogens (tertiary/aromatic N) is 1. The molecule has 0 N–H and O–H groups in total. The number of hydrogen-bond donors (Lipinski definition) is 0. The van der Waals surface area contributed by atoms with Crippen molar-refractivity contribution in [1.82, 2.24) is 4.90 Å². The van der Waals surface area contributed by atoms with Crippen LogP contribution in [0.1, 0.15) is 39.5 Å². The summed E-state index contributed by atoms with van der Waals surface area (Å²) in [6, 6.07) is 33.8. The smallest absolute Gasteiger partial charge is 0.232 e. The van der Waals surface area contributed by atoms with E-state index >= 15 is 0 Å². The molecular weight excluding hydrogens is 422 g/mol. The molecule has 1 fully saturated rings. The monoisotopic (exact) mass is 455 g/mol. The molecule has 3 aromatic rings. The summed E-state index contributed by atoms with van der Waals surface area (Å²) >= 11 is 0. The van der Waals surface area contributed by atoms with Gasteiger partial charge >= 0.3 is 0 Å². The van der Waals surface area contributed by atoms with Crippen LogP contribution in [0.15, 0.2) is 91.0 Å². The number of rotatable bonds is 8. The summed E-state index contributed by atoms with van der Waals surface area (Å²) in [7, 11) is -2.27. The van der Waals surface area contributed by atoms with Crippen LogP contribution in [0.4, 0.5) is 0 Å². The minimum absolute atomic E-state index is 0.0285. The lowest BCUT2D eigenvalue weighted by molar-refractivity contribution is -0.144. The topological polar surface area (TPSA) is 37.4 Å². The van der Waals surface area contributed by atoms with E-state index in [1.54, 1.807) is 0 Å². The van der Waals surface area contributed by atoms with Crippen molar-refractivity contribution in [3.63, 3.8) is 0 Å². The van der Waals surface area contributed by atoms with Gasteiger partial charge in [-0.2, -0.15) is 0 Å². The Morgan fingerprint density at radius 2 is 1.30 bits per heavy atom. The largest absolute Gasteiger partial charge is 0.280 e. The summed E-state index contributed by atoms with van der Waals surface area (Å²) in [5, 5.41) is 4.20. The number of carbonyl (C=O) groups excluding carboxylic acids is 2. The van der Waals surface area contributed by atoms with Gasteiger partial charge in [-0.1, -0.05) is 104 Å². The van der Waals surface area contributed by atoms with Gasteiger partial charge in [0, 0.05) is 18.9 Å². The lowest BCUT2D eigenvalue weighted by atomic mass is 9.99. The highest BCUT2D eigenvalue weighted by molar-refractivity contribution is 7.11. The Hall–Kier alpha value is -2.98. The van der Waals surface area contributed by atoms with Crippen LogP contribution in [-0.4, -0.2) is 30.8 Å². The summed E-state index contributed by atoms with van der Waals surface area (Å²) < 4.78 is 0. The lowest BCUT2D eigenvalue weighted by Gasteiger charge is -2.34. The average Bonchev–Trinajstić information content (AvgIpc) is 3.19. The van der Waals surface area contributed by atoms with Gasteiger partial charge in [0.15, 0.2) is 0 Å². The van der Waals surface area contributed by atoms with Crippen LogP contribution in [-0.2, 0) is 9.59 Å². The van der Waals surface area contributed by atoms with Crippen LogP contribution in [0, 0.1) is 5.92 Å². The van der Waals surface area contributed by atoms with Gasteiger partial charge in [-0.25, -0.2) is 0 Å². The molecule has 4 rings (SSSR count). The van der Waals surface area contributed by atoms with Crippen LogP contribution < -0.4 is 15.6 Å². The highest BCUT2D eigenvalue weighted by Gasteiger charge is 2.42. The molecule has 1 heterocycles. The van der Waals surface area contributed by atoms with E-state index in [2.05, 4.69) is 97.9 Å². The first-order valence-electron chi connectivity index (χ1n) is 12.1. The first-order chi connectivity index (χ1) is 16.1. The van der Waals surface area contributed by atoms with Crippen molar-refractivity contribution in [3.8, 4) is 0 Å². The van der Waals surface area contributed by atoms with Gasteiger partial charge < -0.3 is 0 Å². The molecule has 3 aromatic carbocycles. The average molecular weight is 456 g/mol. The number of hydrogen-bond acceptors (Lipinski definition) is 2. The molecule has 0 spiro atoms. The molecule has 0 unspecified atom stereocenters. The molecule has 2 atom stereocenters. The van der Waals surface area contributed by atoms with E-state index < -0.39 is 8.07 Å². The molecule has 2 amide bonds. The zero-order valence-corrected chi connectivity index (χ0v) is 20.6. The summed E-state index contributed by atoms with van der Waals surface area (Å²) in [5.41, 5.74) is 0. The molecule has 0 aromatic heterocycles. The standard InChI is InChI=1S/C29H33NO2Si/c1-3-25-22-24(29(32)30(25)23(2)31)14-13-21-33(26-15-7-4-8-16-26,27-17-9-5-10-18-27)28-19-11-6-12-20-28/h4-12,15-20,24-25H,3,13-14,21-22H2,1-2H3/t24-,25+/m1/s1. The normalized spacial score (nSPS) is 18.5. The Labute approximate surface area is 198 Å². The van der Waals surface area contributed by atoms with E-state index in [1.165, 1.54) is 27.4 Å². The number of amides is 2. The van der Waals surface area contributed by atoms with Gasteiger partial charge in [-0.3, -0.25) is 14.5 Å². The molecule has 1 saturated heterocycles. The molecule has 0 saturated carbocycles. The fourth-order valence-corrected chi connectivity index (χ4v) is 10.5. The Morgan fingerprint density at radius 1 is 0.848 bits per heavy atom. The second-order valence-electron chi connectivity index (χ2n) is 9.12. The third-order valence-electron chi connectivity index (χ3n) is 7.22. The van der Waals surface area contributed by atoms with Crippen molar-refractivity contribution >= 4 is 35.4 Å². The molecule has 3 nitrogen and oxygen atoms in total. The molecule has 1 aliphatic heterocycles. The zero-order chi connectivity index (χ0) is 23.3. The Kier molecular flexibility index (Phi) is 7.24. The van der Waals surface area contributed by atoms with Crippen molar-refractivity contribution in [1.29, 1.82) is 0 Å². The molecule has 4 heteroatoms. The molecule has 0 radical (unpaired) electrons. The summed E-state index contributed by atoms with van der Waals surface area (Å²) in [6.07, 6.45) is 3.42. The van der Waals surface area contributed by atoms with E-state index in [1.807, 2.05) is 0 Å². The first kappa shape index (κ1) is 23.2. The quantitative estimate of drug-likeness (QED) is 0.379. The molecule has 0 aliphatic carbocycles. The van der Waals surface area contributed by atoms with E-state index in [0.29, 0.717) is 0 Å². The first-order valence-corrected chi connectivity index (χ1v) is 14.3. The maximum atomic E-state index is 13.0. The summed E-state index contributed by atoms with van der Waals surface area (Å²) in [5.74, 6) is -0.135. The van der Waals surface area contributed by atoms with Crippen molar-refractivity contribution in [3.05, 3.63) is 91.0 Å². The van der Waals surface area contributed by atoms with E-state index in [9.17, 15) is 9.59 Å². The fraction of sp³-hybridized carbons (Fsp3) is 0.310.